The van der Waals surface area contributed by atoms with Gasteiger partial charge < -0.3 is 23.7 Å². The highest BCUT2D eigenvalue weighted by atomic mass is 16.7. The Hall–Kier alpha value is -2.80. The molecule has 1 heterocycles. The molecule has 4 aliphatic carbocycles. The lowest BCUT2D eigenvalue weighted by Gasteiger charge is -2.58. The molecule has 0 radical (unpaired) electrons. The fraction of sp³-hybridized carbons (Fsp3) is 0.630. The van der Waals surface area contributed by atoms with E-state index in [-0.39, 0.29) is 23.7 Å². The van der Waals surface area contributed by atoms with E-state index in [9.17, 15) is 0 Å². The lowest BCUT2D eigenvalue weighted by molar-refractivity contribution is -0.330. The lowest BCUT2D eigenvalue weighted by atomic mass is 9.47. The first-order valence-corrected chi connectivity index (χ1v) is 23.6. The molecule has 0 aromatic heterocycles. The second-order valence-electron chi connectivity index (χ2n) is 20.3. The third-order valence-corrected chi connectivity index (χ3v) is 16.2. The summed E-state index contributed by atoms with van der Waals surface area (Å²) < 4.78 is 34.6. The van der Waals surface area contributed by atoms with Crippen LogP contribution in [0.25, 0.3) is 0 Å². The van der Waals surface area contributed by atoms with Crippen LogP contribution in [0.3, 0.4) is 0 Å². The van der Waals surface area contributed by atoms with Gasteiger partial charge in [0.05, 0.1) is 32.0 Å². The average Bonchev–Trinajstić information content (AvgIpc) is 3.60. The summed E-state index contributed by atoms with van der Waals surface area (Å²) in [5.41, 5.74) is 5.76. The number of hydrogen-bond donors (Lipinski definition) is 0. The average molecular weight is 803 g/mol. The van der Waals surface area contributed by atoms with Crippen LogP contribution in [0, 0.1) is 46.3 Å². The van der Waals surface area contributed by atoms with Crippen LogP contribution in [0.15, 0.2) is 103 Å². The van der Waals surface area contributed by atoms with Crippen molar-refractivity contribution < 1.29 is 23.7 Å². The summed E-state index contributed by atoms with van der Waals surface area (Å²) in [4.78, 5) is 0. The Labute approximate surface area is 357 Å². The minimum atomic E-state index is -0.578. The van der Waals surface area contributed by atoms with E-state index >= 15 is 0 Å². The lowest BCUT2D eigenvalue weighted by Crippen LogP contribution is -2.60. The highest BCUT2D eigenvalue weighted by Gasteiger charge is 2.59. The molecule has 4 fully saturated rings. The Morgan fingerprint density at radius 3 is 1.86 bits per heavy atom. The monoisotopic (exact) mass is 803 g/mol. The standard InChI is InChI=1S/C54H74O5/c1-37(2)17-16-18-38(3)46-27-28-47-45-26-25-43-33-44(29-31-53(43,5)48(45)30-32-54(46,47)6)59-52-51(57-36-42-23-14-9-15-24-42)50(56-35-41-21-12-8-13-22-41)49(39(4)58-52)55-34-40-19-10-7-11-20-40/h7-15,19-25,37-39,44-52H,16-18,26-36H2,1-6H3/t38-,39+,44+,45+,46-,47+,48+,49-,50-,51+,52+,53+,54-/m1/s1. The second-order valence-corrected chi connectivity index (χ2v) is 20.3. The van der Waals surface area contributed by atoms with E-state index in [0.717, 1.165) is 65.0 Å². The summed E-state index contributed by atoms with van der Waals surface area (Å²) in [6.07, 6.45) is 15.0. The van der Waals surface area contributed by atoms with Crippen LogP contribution in [0.5, 0.6) is 0 Å². The molecule has 3 aromatic rings. The molecular weight excluding hydrogens is 729 g/mol. The highest BCUT2D eigenvalue weighted by Crippen LogP contribution is 2.67. The molecule has 1 aliphatic heterocycles. The first kappa shape index (κ1) is 42.9. The maximum atomic E-state index is 7.18. The molecule has 3 aromatic carbocycles. The molecule has 13 atom stereocenters. The van der Waals surface area contributed by atoms with Crippen molar-refractivity contribution >= 4 is 0 Å². The van der Waals surface area contributed by atoms with Gasteiger partial charge in [-0.3, -0.25) is 0 Å². The van der Waals surface area contributed by atoms with Gasteiger partial charge in [0.25, 0.3) is 0 Å². The number of benzene rings is 3. The van der Waals surface area contributed by atoms with Crippen LogP contribution in [0.2, 0.25) is 0 Å². The molecule has 5 heteroatoms. The molecule has 5 aliphatic rings. The van der Waals surface area contributed by atoms with Gasteiger partial charge in [-0.2, -0.15) is 0 Å². The van der Waals surface area contributed by atoms with Gasteiger partial charge >= 0.3 is 0 Å². The van der Waals surface area contributed by atoms with E-state index in [0.29, 0.717) is 25.2 Å². The summed E-state index contributed by atoms with van der Waals surface area (Å²) in [5, 5.41) is 0. The summed E-state index contributed by atoms with van der Waals surface area (Å²) in [7, 11) is 0. The van der Waals surface area contributed by atoms with Crippen LogP contribution in [0.4, 0.5) is 0 Å². The quantitative estimate of drug-likeness (QED) is 0.135. The zero-order valence-electron chi connectivity index (χ0n) is 37.1. The number of rotatable bonds is 16. The fourth-order valence-electron chi connectivity index (χ4n) is 12.9. The van der Waals surface area contributed by atoms with Crippen molar-refractivity contribution in [3.63, 3.8) is 0 Å². The van der Waals surface area contributed by atoms with E-state index in [1.54, 1.807) is 5.57 Å². The smallest absolute Gasteiger partial charge is 0.187 e. The van der Waals surface area contributed by atoms with Gasteiger partial charge in [0.15, 0.2) is 6.29 Å². The van der Waals surface area contributed by atoms with E-state index in [1.807, 2.05) is 18.2 Å². The third kappa shape index (κ3) is 9.51. The number of ether oxygens (including phenoxy) is 5. The third-order valence-electron chi connectivity index (χ3n) is 16.2. The minimum absolute atomic E-state index is 0.0684. The van der Waals surface area contributed by atoms with E-state index in [1.165, 1.54) is 57.8 Å². The summed E-state index contributed by atoms with van der Waals surface area (Å²) in [5.74, 6) is 5.02. The maximum Gasteiger partial charge on any atom is 0.187 e. The predicted molar refractivity (Wildman–Crippen MR) is 237 cm³/mol. The predicted octanol–water partition coefficient (Wildman–Crippen LogP) is 12.9. The SMILES string of the molecule is CC(C)CCC[C@@H](C)[C@H]1CC[C@H]2[C@@H]3CC=C4C[C@@H](O[C@@H]5O[C@@H](C)[C@@H](OCc6ccccc6)[C@@H](OCc6ccccc6)[C@@H]5OCc5ccccc5)CC[C@]4(C)[C@H]3CC[C@]12C. The van der Waals surface area contributed by atoms with Crippen molar-refractivity contribution in [2.24, 2.45) is 46.3 Å². The molecule has 5 nitrogen and oxygen atoms in total. The van der Waals surface area contributed by atoms with E-state index in [4.69, 9.17) is 23.7 Å². The topological polar surface area (TPSA) is 46.2 Å². The molecular formula is C54H74O5. The number of hydrogen-bond acceptors (Lipinski definition) is 5. The largest absolute Gasteiger partial charge is 0.368 e. The van der Waals surface area contributed by atoms with Crippen molar-refractivity contribution in [3.05, 3.63) is 119 Å². The Kier molecular flexibility index (Phi) is 13.9. The first-order valence-electron chi connectivity index (χ1n) is 23.6. The minimum Gasteiger partial charge on any atom is -0.368 e. The summed E-state index contributed by atoms with van der Waals surface area (Å²) >= 11 is 0. The molecule has 3 saturated carbocycles. The van der Waals surface area contributed by atoms with Crippen LogP contribution >= 0.6 is 0 Å². The molecule has 320 valence electrons. The van der Waals surface area contributed by atoms with Crippen molar-refractivity contribution in [3.8, 4) is 0 Å². The molecule has 0 spiro atoms. The van der Waals surface area contributed by atoms with Crippen LogP contribution in [0.1, 0.15) is 129 Å². The zero-order valence-corrected chi connectivity index (χ0v) is 37.1. The number of allylic oxidation sites excluding steroid dienone is 1. The molecule has 8 rings (SSSR count). The Bertz CT molecular complexity index is 1780. The second kappa shape index (κ2) is 19.1. The van der Waals surface area contributed by atoms with Crippen molar-refractivity contribution in [2.75, 3.05) is 0 Å². The molecule has 0 bridgehead atoms. The van der Waals surface area contributed by atoms with Gasteiger partial charge in [0.2, 0.25) is 0 Å². The van der Waals surface area contributed by atoms with Gasteiger partial charge in [-0.05, 0) is 121 Å². The van der Waals surface area contributed by atoms with Crippen LogP contribution < -0.4 is 0 Å². The summed E-state index contributed by atoms with van der Waals surface area (Å²) in [6.45, 7) is 16.2. The Morgan fingerprint density at radius 1 is 0.661 bits per heavy atom. The molecule has 59 heavy (non-hydrogen) atoms. The number of fused-ring (bicyclic) bond motifs is 5. The van der Waals surface area contributed by atoms with Crippen molar-refractivity contribution in [2.45, 2.75) is 169 Å². The molecule has 0 amide bonds. The van der Waals surface area contributed by atoms with E-state index in [2.05, 4.69) is 120 Å². The van der Waals surface area contributed by atoms with E-state index < -0.39 is 18.5 Å². The Balaban J connectivity index is 0.987. The van der Waals surface area contributed by atoms with Gasteiger partial charge in [-0.15, -0.1) is 0 Å². The van der Waals surface area contributed by atoms with Gasteiger partial charge in [-0.1, -0.05) is 157 Å². The van der Waals surface area contributed by atoms with Gasteiger partial charge in [0, 0.05) is 0 Å². The van der Waals surface area contributed by atoms with Gasteiger partial charge in [-0.25, -0.2) is 0 Å². The molecule has 1 saturated heterocycles. The highest BCUT2D eigenvalue weighted by molar-refractivity contribution is 5.26. The molecule has 0 N–H and O–H groups in total. The van der Waals surface area contributed by atoms with Crippen LogP contribution in [-0.4, -0.2) is 36.8 Å². The van der Waals surface area contributed by atoms with Crippen molar-refractivity contribution in [1.29, 1.82) is 0 Å². The Morgan fingerprint density at radius 2 is 1.25 bits per heavy atom. The van der Waals surface area contributed by atoms with Gasteiger partial charge in [0.1, 0.15) is 18.3 Å². The summed E-state index contributed by atoms with van der Waals surface area (Å²) in [6, 6.07) is 31.2. The molecule has 0 unspecified atom stereocenters. The normalized spacial score (nSPS) is 36.0. The fourth-order valence-corrected chi connectivity index (χ4v) is 12.9. The maximum absolute atomic E-state index is 7.18. The van der Waals surface area contributed by atoms with Crippen molar-refractivity contribution in [1.82, 2.24) is 0 Å². The van der Waals surface area contributed by atoms with Crippen LogP contribution in [-0.2, 0) is 43.5 Å². The first-order chi connectivity index (χ1) is 28.6. The zero-order chi connectivity index (χ0) is 41.0.